The van der Waals surface area contributed by atoms with Gasteiger partial charge >= 0.3 is 0 Å². The number of nitrogens with zero attached hydrogens (tertiary/aromatic N) is 2. The minimum absolute atomic E-state index is 0.880. The van der Waals surface area contributed by atoms with Gasteiger partial charge < -0.3 is 4.90 Å². The Bertz CT molecular complexity index is 319. The van der Waals surface area contributed by atoms with E-state index in [2.05, 4.69) is 38.1 Å². The quantitative estimate of drug-likeness (QED) is 0.793. The number of piperidine rings is 1. The van der Waals surface area contributed by atoms with E-state index in [1.807, 2.05) is 0 Å². The molecular weight excluding hydrogens is 284 g/mol. The molecule has 0 saturated carbocycles. The lowest BCUT2D eigenvalue weighted by molar-refractivity contribution is 0.194. The number of alkyl halides is 1. The normalized spacial score (nSPS) is 19.1. The first-order valence-electron chi connectivity index (χ1n) is 5.99. The Balaban J connectivity index is 1.74. The van der Waals surface area contributed by atoms with Gasteiger partial charge in [-0.25, -0.2) is 4.98 Å². The van der Waals surface area contributed by atoms with E-state index in [1.54, 1.807) is 11.3 Å². The Kier molecular flexibility index (Phi) is 4.79. The van der Waals surface area contributed by atoms with Crippen molar-refractivity contribution in [1.82, 2.24) is 9.88 Å². The summed E-state index contributed by atoms with van der Waals surface area (Å²) in [6.45, 7) is 6.10. The van der Waals surface area contributed by atoms with Crippen molar-refractivity contribution in [3.05, 3.63) is 16.1 Å². The van der Waals surface area contributed by atoms with E-state index in [9.17, 15) is 0 Å². The summed E-state index contributed by atoms with van der Waals surface area (Å²) in [7, 11) is 0. The molecule has 16 heavy (non-hydrogen) atoms. The van der Waals surface area contributed by atoms with Gasteiger partial charge in [0.2, 0.25) is 0 Å². The minimum atomic E-state index is 0.880. The van der Waals surface area contributed by atoms with Crippen molar-refractivity contribution in [1.29, 1.82) is 0 Å². The van der Waals surface area contributed by atoms with Gasteiger partial charge in [0.05, 0.1) is 10.7 Å². The van der Waals surface area contributed by atoms with Crippen LogP contribution in [0, 0.1) is 5.92 Å². The fourth-order valence-electron chi connectivity index (χ4n) is 2.06. The average Bonchev–Trinajstić information content (AvgIpc) is 2.76. The first-order chi connectivity index (χ1) is 7.78. The second-order valence-corrected chi connectivity index (χ2v) is 6.14. The van der Waals surface area contributed by atoms with E-state index < -0.39 is 0 Å². The molecule has 90 valence electrons. The van der Waals surface area contributed by atoms with E-state index >= 15 is 0 Å². The van der Waals surface area contributed by atoms with Gasteiger partial charge in [-0.05, 0) is 31.8 Å². The Morgan fingerprint density at radius 2 is 2.25 bits per heavy atom. The molecule has 0 atom stereocenters. The molecule has 0 radical (unpaired) electrons. The molecule has 0 aliphatic carbocycles. The Morgan fingerprint density at radius 1 is 1.50 bits per heavy atom. The van der Waals surface area contributed by atoms with Crippen LogP contribution in [0.2, 0.25) is 0 Å². The highest BCUT2D eigenvalue weighted by molar-refractivity contribution is 9.08. The maximum absolute atomic E-state index is 4.57. The topological polar surface area (TPSA) is 16.1 Å². The number of rotatable bonds is 4. The summed E-state index contributed by atoms with van der Waals surface area (Å²) in [5, 5.41) is 4.32. The average molecular weight is 303 g/mol. The molecule has 1 fully saturated rings. The SMILES string of the molecule is CC1CCN(CCc2nc(CBr)cs2)CC1. The predicted octanol–water partition coefficient (Wildman–Crippen LogP) is 3.31. The molecule has 0 aromatic carbocycles. The largest absolute Gasteiger partial charge is 0.303 e. The van der Waals surface area contributed by atoms with E-state index in [0.717, 1.165) is 17.7 Å². The van der Waals surface area contributed by atoms with Crippen molar-refractivity contribution in [3.8, 4) is 0 Å². The summed E-state index contributed by atoms with van der Waals surface area (Å²) in [5.41, 5.74) is 1.17. The van der Waals surface area contributed by atoms with Crippen LogP contribution in [0.15, 0.2) is 5.38 Å². The third-order valence-corrected chi connectivity index (χ3v) is 4.79. The molecule has 2 nitrogen and oxygen atoms in total. The van der Waals surface area contributed by atoms with Crippen molar-refractivity contribution in [2.45, 2.75) is 31.5 Å². The number of thiazole rings is 1. The summed E-state index contributed by atoms with van der Waals surface area (Å²) in [5.74, 6) is 0.927. The van der Waals surface area contributed by atoms with Crippen LogP contribution in [0.3, 0.4) is 0 Å². The summed E-state index contributed by atoms with van der Waals surface area (Å²) < 4.78 is 0. The van der Waals surface area contributed by atoms with Crippen molar-refractivity contribution < 1.29 is 0 Å². The lowest BCUT2D eigenvalue weighted by Crippen LogP contribution is -2.34. The van der Waals surface area contributed by atoms with E-state index in [4.69, 9.17) is 0 Å². The van der Waals surface area contributed by atoms with E-state index in [0.29, 0.717) is 0 Å². The highest BCUT2D eigenvalue weighted by Crippen LogP contribution is 2.17. The molecule has 1 aliphatic heterocycles. The van der Waals surface area contributed by atoms with Crippen LogP contribution in [0.1, 0.15) is 30.5 Å². The summed E-state index contributed by atoms with van der Waals surface area (Å²) in [4.78, 5) is 7.15. The van der Waals surface area contributed by atoms with Gasteiger partial charge in [-0.2, -0.15) is 0 Å². The van der Waals surface area contributed by atoms with Crippen molar-refractivity contribution >= 4 is 27.3 Å². The molecule has 4 heteroatoms. The van der Waals surface area contributed by atoms with Crippen LogP contribution >= 0.6 is 27.3 Å². The third-order valence-electron chi connectivity index (χ3n) is 3.25. The van der Waals surface area contributed by atoms with Crippen LogP contribution in [-0.2, 0) is 11.8 Å². The number of likely N-dealkylation sites (tertiary alicyclic amines) is 1. The second-order valence-electron chi connectivity index (χ2n) is 4.64. The first-order valence-corrected chi connectivity index (χ1v) is 7.99. The summed E-state index contributed by atoms with van der Waals surface area (Å²) in [6, 6.07) is 0. The van der Waals surface area contributed by atoms with Gasteiger partial charge in [0.1, 0.15) is 0 Å². The van der Waals surface area contributed by atoms with Crippen LogP contribution in [0.4, 0.5) is 0 Å². The molecule has 2 heterocycles. The molecule has 1 aromatic rings. The Morgan fingerprint density at radius 3 is 2.88 bits per heavy atom. The van der Waals surface area contributed by atoms with Gasteiger partial charge in [0.25, 0.3) is 0 Å². The number of hydrogen-bond acceptors (Lipinski definition) is 3. The molecule has 2 rings (SSSR count). The molecule has 1 saturated heterocycles. The van der Waals surface area contributed by atoms with Crippen LogP contribution in [0.25, 0.3) is 0 Å². The highest BCUT2D eigenvalue weighted by Gasteiger charge is 2.15. The molecule has 0 spiro atoms. The van der Waals surface area contributed by atoms with Gasteiger partial charge in [-0.1, -0.05) is 22.9 Å². The zero-order chi connectivity index (χ0) is 11.4. The number of halogens is 1. The van der Waals surface area contributed by atoms with Crippen LogP contribution < -0.4 is 0 Å². The zero-order valence-corrected chi connectivity index (χ0v) is 12.2. The smallest absolute Gasteiger partial charge is 0.0941 e. The van der Waals surface area contributed by atoms with Gasteiger partial charge in [0.15, 0.2) is 0 Å². The van der Waals surface area contributed by atoms with Gasteiger partial charge in [-0.15, -0.1) is 11.3 Å². The van der Waals surface area contributed by atoms with Crippen molar-refractivity contribution in [3.63, 3.8) is 0 Å². The maximum atomic E-state index is 4.57. The monoisotopic (exact) mass is 302 g/mol. The molecular formula is C12H19BrN2S. The molecule has 1 aromatic heterocycles. The van der Waals surface area contributed by atoms with Gasteiger partial charge in [0, 0.05) is 23.7 Å². The minimum Gasteiger partial charge on any atom is -0.303 e. The van der Waals surface area contributed by atoms with Crippen molar-refractivity contribution in [2.24, 2.45) is 5.92 Å². The third kappa shape index (κ3) is 3.54. The standard InChI is InChI=1S/C12H19BrN2S/c1-10-2-5-15(6-3-10)7-4-12-14-11(8-13)9-16-12/h9-10H,2-8H2,1H3. The molecule has 0 bridgehead atoms. The number of hydrogen-bond donors (Lipinski definition) is 0. The second kappa shape index (κ2) is 6.12. The Hall–Kier alpha value is 0.0700. The molecule has 0 N–H and O–H groups in total. The fourth-order valence-corrected chi connectivity index (χ4v) is 3.35. The lowest BCUT2D eigenvalue weighted by Gasteiger charge is -2.29. The van der Waals surface area contributed by atoms with Crippen LogP contribution in [-0.4, -0.2) is 29.5 Å². The predicted molar refractivity (Wildman–Crippen MR) is 73.3 cm³/mol. The fraction of sp³-hybridized carbons (Fsp3) is 0.750. The summed E-state index contributed by atoms with van der Waals surface area (Å²) >= 11 is 5.23. The maximum Gasteiger partial charge on any atom is 0.0941 e. The van der Waals surface area contributed by atoms with Gasteiger partial charge in [-0.3, -0.25) is 0 Å². The van der Waals surface area contributed by atoms with E-state index in [1.165, 1.54) is 43.2 Å². The van der Waals surface area contributed by atoms with Crippen LogP contribution in [0.5, 0.6) is 0 Å². The highest BCUT2D eigenvalue weighted by atomic mass is 79.9. The first kappa shape index (κ1) is 12.5. The van der Waals surface area contributed by atoms with Crippen molar-refractivity contribution in [2.75, 3.05) is 19.6 Å². The Labute approximate surface area is 110 Å². The zero-order valence-electron chi connectivity index (χ0n) is 9.79. The molecule has 0 unspecified atom stereocenters. The molecule has 0 amide bonds. The lowest BCUT2D eigenvalue weighted by atomic mass is 9.99. The molecule has 1 aliphatic rings. The van der Waals surface area contributed by atoms with E-state index in [-0.39, 0.29) is 0 Å². The number of aromatic nitrogens is 1. The summed E-state index contributed by atoms with van der Waals surface area (Å²) in [6.07, 6.45) is 3.85.